The highest BCUT2D eigenvalue weighted by atomic mass is 16.3. The smallest absolute Gasteiger partial charge is 0.118 e. The van der Waals surface area contributed by atoms with Crippen LogP contribution in [-0.4, -0.2) is 5.11 Å². The number of aromatic hydroxyl groups is 1. The standard InChI is InChI=1S/C8H10.C7H8O.C2H6/c1-2-8-6-4-3-5-7-8;1-6-4-2-3-5-7(6)8;1-2/h3-7H,2H2,1H3;2-5,8H,1H3;1-2H3. The Morgan fingerprint density at radius 3 is 1.67 bits per heavy atom. The van der Waals surface area contributed by atoms with Crippen molar-refractivity contribution < 1.29 is 5.11 Å². The van der Waals surface area contributed by atoms with E-state index in [1.54, 1.807) is 6.07 Å². The van der Waals surface area contributed by atoms with Gasteiger partial charge in [0, 0.05) is 0 Å². The van der Waals surface area contributed by atoms with Crippen LogP contribution in [0.4, 0.5) is 0 Å². The first-order chi connectivity index (χ1) is 8.74. The van der Waals surface area contributed by atoms with Gasteiger partial charge in [-0.3, -0.25) is 0 Å². The van der Waals surface area contributed by atoms with Crippen LogP contribution >= 0.6 is 0 Å². The summed E-state index contributed by atoms with van der Waals surface area (Å²) in [4.78, 5) is 0. The fraction of sp³-hybridized carbons (Fsp3) is 0.294. The van der Waals surface area contributed by atoms with E-state index in [9.17, 15) is 0 Å². The van der Waals surface area contributed by atoms with E-state index in [-0.39, 0.29) is 0 Å². The molecule has 18 heavy (non-hydrogen) atoms. The zero-order chi connectivity index (χ0) is 13.8. The second kappa shape index (κ2) is 10.4. The van der Waals surface area contributed by atoms with E-state index in [4.69, 9.17) is 5.11 Å². The molecule has 0 radical (unpaired) electrons. The van der Waals surface area contributed by atoms with Gasteiger partial charge >= 0.3 is 0 Å². The van der Waals surface area contributed by atoms with Crippen LogP contribution in [0.1, 0.15) is 31.9 Å². The molecule has 0 spiro atoms. The van der Waals surface area contributed by atoms with Crippen molar-refractivity contribution in [2.75, 3.05) is 0 Å². The maximum Gasteiger partial charge on any atom is 0.118 e. The van der Waals surface area contributed by atoms with Gasteiger partial charge in [-0.25, -0.2) is 0 Å². The van der Waals surface area contributed by atoms with Crippen LogP contribution in [0.2, 0.25) is 0 Å². The summed E-state index contributed by atoms with van der Waals surface area (Å²) >= 11 is 0. The van der Waals surface area contributed by atoms with Crippen LogP contribution in [0, 0.1) is 6.92 Å². The molecule has 1 nitrogen and oxygen atoms in total. The highest BCUT2D eigenvalue weighted by Crippen LogP contribution is 2.12. The molecular formula is C17H24O. The predicted octanol–water partition coefficient (Wildman–Crippen LogP) is 4.98. The topological polar surface area (TPSA) is 20.2 Å². The highest BCUT2D eigenvalue weighted by Gasteiger charge is 1.87. The summed E-state index contributed by atoms with van der Waals surface area (Å²) in [5, 5.41) is 8.92. The van der Waals surface area contributed by atoms with Crippen molar-refractivity contribution in [2.45, 2.75) is 34.1 Å². The largest absolute Gasteiger partial charge is 0.508 e. The molecule has 98 valence electrons. The number of para-hydroxylation sites is 1. The lowest BCUT2D eigenvalue weighted by molar-refractivity contribution is 0.471. The Kier molecular flexibility index (Phi) is 9.38. The minimum Gasteiger partial charge on any atom is -0.508 e. The summed E-state index contributed by atoms with van der Waals surface area (Å²) < 4.78 is 0. The van der Waals surface area contributed by atoms with Crippen molar-refractivity contribution in [3.05, 3.63) is 65.7 Å². The third-order valence-corrected chi connectivity index (χ3v) is 2.37. The quantitative estimate of drug-likeness (QED) is 0.750. The van der Waals surface area contributed by atoms with Gasteiger partial charge in [0.1, 0.15) is 5.75 Å². The van der Waals surface area contributed by atoms with Gasteiger partial charge in [-0.2, -0.15) is 0 Å². The lowest BCUT2D eigenvalue weighted by Crippen LogP contribution is -1.73. The molecule has 0 aliphatic heterocycles. The van der Waals surface area contributed by atoms with Gasteiger partial charge in [0.05, 0.1) is 0 Å². The first-order valence-electron chi connectivity index (χ1n) is 6.52. The normalized spacial score (nSPS) is 8.44. The number of hydrogen-bond donors (Lipinski definition) is 1. The maximum absolute atomic E-state index is 8.92. The van der Waals surface area contributed by atoms with Gasteiger partial charge in [0.2, 0.25) is 0 Å². The van der Waals surface area contributed by atoms with Crippen molar-refractivity contribution in [2.24, 2.45) is 0 Å². The molecule has 2 aromatic rings. The summed E-state index contributed by atoms with van der Waals surface area (Å²) in [5.41, 5.74) is 2.33. The molecule has 0 aliphatic rings. The van der Waals surface area contributed by atoms with Crippen LogP contribution < -0.4 is 0 Å². The van der Waals surface area contributed by atoms with Crippen LogP contribution in [0.15, 0.2) is 54.6 Å². The molecule has 0 atom stereocenters. The fourth-order valence-corrected chi connectivity index (χ4v) is 1.28. The Balaban J connectivity index is 0.000000283. The number of hydrogen-bond acceptors (Lipinski definition) is 1. The van der Waals surface area contributed by atoms with Crippen LogP contribution in [-0.2, 0) is 6.42 Å². The molecule has 0 aromatic heterocycles. The molecule has 0 saturated carbocycles. The number of rotatable bonds is 1. The number of phenolic OH excluding ortho intramolecular Hbond substituents is 1. The van der Waals surface area contributed by atoms with Crippen LogP contribution in [0.5, 0.6) is 5.75 Å². The average Bonchev–Trinajstić information content (AvgIpc) is 2.46. The molecule has 2 aromatic carbocycles. The Morgan fingerprint density at radius 1 is 0.833 bits per heavy atom. The zero-order valence-corrected chi connectivity index (χ0v) is 11.9. The minimum absolute atomic E-state index is 0.368. The van der Waals surface area contributed by atoms with E-state index in [0.29, 0.717) is 5.75 Å². The first-order valence-corrected chi connectivity index (χ1v) is 6.52. The Bertz CT molecular complexity index is 386. The van der Waals surface area contributed by atoms with Gasteiger partial charge in [-0.1, -0.05) is 69.3 Å². The van der Waals surface area contributed by atoms with E-state index in [1.165, 1.54) is 5.56 Å². The second-order valence-electron chi connectivity index (χ2n) is 3.63. The Labute approximate surface area is 111 Å². The molecule has 0 heterocycles. The molecule has 1 heteroatoms. The fourth-order valence-electron chi connectivity index (χ4n) is 1.28. The van der Waals surface area contributed by atoms with Crippen molar-refractivity contribution >= 4 is 0 Å². The predicted molar refractivity (Wildman–Crippen MR) is 80.0 cm³/mol. The average molecular weight is 244 g/mol. The molecular weight excluding hydrogens is 220 g/mol. The lowest BCUT2D eigenvalue weighted by Gasteiger charge is -1.92. The van der Waals surface area contributed by atoms with Crippen molar-refractivity contribution in [3.63, 3.8) is 0 Å². The first kappa shape index (κ1) is 16.2. The zero-order valence-electron chi connectivity index (χ0n) is 11.9. The number of benzene rings is 2. The van der Waals surface area contributed by atoms with E-state index < -0.39 is 0 Å². The van der Waals surface area contributed by atoms with Crippen molar-refractivity contribution in [1.82, 2.24) is 0 Å². The molecule has 0 fully saturated rings. The Morgan fingerprint density at radius 2 is 1.33 bits per heavy atom. The highest BCUT2D eigenvalue weighted by molar-refractivity contribution is 5.29. The van der Waals surface area contributed by atoms with Gasteiger partial charge < -0.3 is 5.11 Å². The summed E-state index contributed by atoms with van der Waals surface area (Å²) in [6, 6.07) is 17.7. The lowest BCUT2D eigenvalue weighted by atomic mass is 10.2. The van der Waals surface area contributed by atoms with Gasteiger partial charge in [0.15, 0.2) is 0 Å². The molecule has 0 amide bonds. The second-order valence-corrected chi connectivity index (χ2v) is 3.63. The molecule has 0 bridgehead atoms. The monoisotopic (exact) mass is 244 g/mol. The summed E-state index contributed by atoms with van der Waals surface area (Å²) in [7, 11) is 0. The number of aryl methyl sites for hydroxylation is 2. The van der Waals surface area contributed by atoms with Gasteiger partial charge in [-0.05, 0) is 30.5 Å². The van der Waals surface area contributed by atoms with Crippen LogP contribution in [0.3, 0.4) is 0 Å². The van der Waals surface area contributed by atoms with E-state index in [2.05, 4.69) is 31.2 Å². The third-order valence-electron chi connectivity index (χ3n) is 2.37. The summed E-state index contributed by atoms with van der Waals surface area (Å²) in [6.07, 6.45) is 1.14. The van der Waals surface area contributed by atoms with Crippen molar-refractivity contribution in [1.29, 1.82) is 0 Å². The molecule has 0 aliphatic carbocycles. The van der Waals surface area contributed by atoms with E-state index in [0.717, 1.165) is 12.0 Å². The summed E-state index contributed by atoms with van der Waals surface area (Å²) in [6.45, 7) is 8.03. The molecule has 0 unspecified atom stereocenters. The van der Waals surface area contributed by atoms with Crippen molar-refractivity contribution in [3.8, 4) is 5.75 Å². The molecule has 1 N–H and O–H groups in total. The number of phenols is 1. The molecule has 2 rings (SSSR count). The van der Waals surface area contributed by atoms with E-state index in [1.807, 2.05) is 45.0 Å². The van der Waals surface area contributed by atoms with Crippen LogP contribution in [0.25, 0.3) is 0 Å². The molecule has 0 saturated heterocycles. The third kappa shape index (κ3) is 6.74. The van der Waals surface area contributed by atoms with Gasteiger partial charge in [-0.15, -0.1) is 0 Å². The maximum atomic E-state index is 8.92. The Hall–Kier alpha value is -1.76. The SMILES string of the molecule is CC.CCc1ccccc1.Cc1ccccc1O. The minimum atomic E-state index is 0.368. The summed E-state index contributed by atoms with van der Waals surface area (Å²) in [5.74, 6) is 0.368. The van der Waals surface area contributed by atoms with Gasteiger partial charge in [0.25, 0.3) is 0 Å². The van der Waals surface area contributed by atoms with E-state index >= 15 is 0 Å².